The summed E-state index contributed by atoms with van der Waals surface area (Å²) in [6, 6.07) is 17.0. The molecule has 40 heavy (non-hydrogen) atoms. The number of anilines is 2. The molecule has 208 valence electrons. The van der Waals surface area contributed by atoms with E-state index in [1.807, 2.05) is 24.3 Å². The Morgan fingerprint density at radius 1 is 1.02 bits per heavy atom. The van der Waals surface area contributed by atoms with Crippen LogP contribution in [0.4, 0.5) is 11.6 Å². The summed E-state index contributed by atoms with van der Waals surface area (Å²) in [5.74, 6) is -1.19. The van der Waals surface area contributed by atoms with Gasteiger partial charge in [0.05, 0.1) is 10.4 Å². The van der Waals surface area contributed by atoms with Crippen molar-refractivity contribution in [2.24, 2.45) is 0 Å². The number of benzene rings is 2. The summed E-state index contributed by atoms with van der Waals surface area (Å²) in [5.41, 5.74) is 2.88. The van der Waals surface area contributed by atoms with Crippen molar-refractivity contribution in [1.29, 1.82) is 0 Å². The van der Waals surface area contributed by atoms with Gasteiger partial charge in [0, 0.05) is 43.1 Å². The number of H-pyrrole nitrogens is 1. The van der Waals surface area contributed by atoms with Crippen molar-refractivity contribution in [1.82, 2.24) is 25.0 Å². The number of fused-ring (bicyclic) bond motifs is 1. The second-order valence-corrected chi connectivity index (χ2v) is 11.2. The normalized spacial score (nSPS) is 15.1. The van der Waals surface area contributed by atoms with Crippen molar-refractivity contribution >= 4 is 44.7 Å². The van der Waals surface area contributed by atoms with Crippen LogP contribution < -0.4 is 20.3 Å². The number of carboxylic acids is 1. The van der Waals surface area contributed by atoms with Crippen LogP contribution >= 0.6 is 0 Å². The fourth-order valence-corrected chi connectivity index (χ4v) is 5.75. The Balaban J connectivity index is 1.12. The van der Waals surface area contributed by atoms with Gasteiger partial charge < -0.3 is 25.6 Å². The van der Waals surface area contributed by atoms with Crippen molar-refractivity contribution in [2.45, 2.75) is 29.8 Å². The lowest BCUT2D eigenvalue weighted by atomic mass is 10.0. The average Bonchev–Trinajstić information content (AvgIpc) is 3.38. The molecule has 0 spiro atoms. The zero-order valence-corrected chi connectivity index (χ0v) is 22.3. The standard InChI is InChI=1S/C27H29N7O5S/c35-25(29-17-23(26(36)37)33-40(38,39)21-5-2-1-3-6-21)18-8-10-20(11-9-18)34-15-12-19(13-16-34)30-27-31-22-7-4-14-28-24(22)32-27/h1-11,14,19,23,33H,12-13,15-17H2,(H,29,35)(H,36,37)(H2,28,30,31,32)/t23-/m0/s1. The van der Waals surface area contributed by atoms with Crippen LogP contribution in [0.1, 0.15) is 23.2 Å². The lowest BCUT2D eigenvalue weighted by Crippen LogP contribution is -2.48. The van der Waals surface area contributed by atoms with E-state index in [9.17, 15) is 23.1 Å². The van der Waals surface area contributed by atoms with E-state index in [1.54, 1.807) is 24.4 Å². The maximum atomic E-state index is 12.7. The van der Waals surface area contributed by atoms with Gasteiger partial charge in [-0.1, -0.05) is 18.2 Å². The first kappa shape index (κ1) is 27.1. The zero-order chi connectivity index (χ0) is 28.1. The van der Waals surface area contributed by atoms with Gasteiger partial charge >= 0.3 is 5.97 Å². The Bertz CT molecular complexity index is 1550. The van der Waals surface area contributed by atoms with Crippen molar-refractivity contribution in [3.05, 3.63) is 78.5 Å². The molecule has 1 aliphatic heterocycles. The number of aromatic amines is 1. The number of hydrogen-bond acceptors (Lipinski definition) is 8. The Kier molecular flexibility index (Phi) is 7.94. The fraction of sp³-hybridized carbons (Fsp3) is 0.259. The van der Waals surface area contributed by atoms with E-state index in [0.717, 1.165) is 37.1 Å². The average molecular weight is 564 g/mol. The molecule has 3 heterocycles. The van der Waals surface area contributed by atoms with Gasteiger partial charge in [0.1, 0.15) is 6.04 Å². The number of hydrogen-bond donors (Lipinski definition) is 5. The number of carbonyl (C=O) groups excluding carboxylic acids is 1. The third-order valence-electron chi connectivity index (χ3n) is 6.70. The third kappa shape index (κ3) is 6.38. The molecule has 1 aliphatic rings. The predicted octanol–water partition coefficient (Wildman–Crippen LogP) is 2.20. The second-order valence-electron chi connectivity index (χ2n) is 9.45. The number of carbonyl (C=O) groups is 2. The van der Waals surface area contributed by atoms with Gasteiger partial charge in [-0.25, -0.2) is 13.4 Å². The molecule has 0 unspecified atom stereocenters. The van der Waals surface area contributed by atoms with E-state index in [0.29, 0.717) is 17.2 Å². The Morgan fingerprint density at radius 3 is 2.42 bits per heavy atom. The smallest absolute Gasteiger partial charge is 0.323 e. The minimum absolute atomic E-state index is 0.0604. The fourth-order valence-electron chi connectivity index (χ4n) is 4.54. The number of aromatic nitrogens is 3. The van der Waals surface area contributed by atoms with Crippen molar-refractivity contribution in [3.8, 4) is 0 Å². The van der Waals surface area contributed by atoms with Gasteiger partial charge in [-0.05, 0) is 61.4 Å². The number of carboxylic acid groups (broad SMARTS) is 1. The van der Waals surface area contributed by atoms with Crippen LogP contribution in [0.15, 0.2) is 77.8 Å². The molecule has 0 saturated carbocycles. The molecule has 0 aliphatic carbocycles. The van der Waals surface area contributed by atoms with Crippen LogP contribution in [0.5, 0.6) is 0 Å². The van der Waals surface area contributed by atoms with Crippen molar-refractivity contribution < 1.29 is 23.1 Å². The molecule has 1 atom stereocenters. The molecule has 4 aromatic rings. The molecule has 1 saturated heterocycles. The van der Waals surface area contributed by atoms with Crippen LogP contribution in [0.25, 0.3) is 11.2 Å². The zero-order valence-electron chi connectivity index (χ0n) is 21.4. The van der Waals surface area contributed by atoms with E-state index in [-0.39, 0.29) is 10.9 Å². The second kappa shape index (κ2) is 11.7. The predicted molar refractivity (Wildman–Crippen MR) is 150 cm³/mol. The topological polar surface area (TPSA) is 169 Å². The maximum absolute atomic E-state index is 12.7. The van der Waals surface area contributed by atoms with Crippen molar-refractivity contribution in [3.63, 3.8) is 0 Å². The minimum Gasteiger partial charge on any atom is -0.480 e. The van der Waals surface area contributed by atoms with E-state index < -0.39 is 34.5 Å². The largest absolute Gasteiger partial charge is 0.480 e. The number of nitrogens with zero attached hydrogens (tertiary/aromatic N) is 3. The maximum Gasteiger partial charge on any atom is 0.323 e. The van der Waals surface area contributed by atoms with Gasteiger partial charge in [0.25, 0.3) is 5.91 Å². The highest BCUT2D eigenvalue weighted by Gasteiger charge is 2.26. The number of pyridine rings is 1. The summed E-state index contributed by atoms with van der Waals surface area (Å²) < 4.78 is 27.1. The quantitative estimate of drug-likeness (QED) is 0.194. The molecule has 12 nitrogen and oxygen atoms in total. The summed E-state index contributed by atoms with van der Waals surface area (Å²) in [7, 11) is -4.06. The number of aliphatic carboxylic acids is 1. The molecule has 0 radical (unpaired) electrons. The monoisotopic (exact) mass is 563 g/mol. The number of imidazole rings is 1. The highest BCUT2D eigenvalue weighted by Crippen LogP contribution is 2.23. The molecule has 0 bridgehead atoms. The lowest BCUT2D eigenvalue weighted by Gasteiger charge is -2.34. The highest BCUT2D eigenvalue weighted by molar-refractivity contribution is 7.89. The highest BCUT2D eigenvalue weighted by atomic mass is 32.2. The van der Waals surface area contributed by atoms with Gasteiger partial charge in [0.15, 0.2) is 5.65 Å². The third-order valence-corrected chi connectivity index (χ3v) is 8.19. The summed E-state index contributed by atoms with van der Waals surface area (Å²) in [4.78, 5) is 38.5. The van der Waals surface area contributed by atoms with Crippen LogP contribution in [0.3, 0.4) is 0 Å². The first-order valence-electron chi connectivity index (χ1n) is 12.8. The number of sulfonamides is 1. The molecule has 5 rings (SSSR count). The van der Waals surface area contributed by atoms with Crippen LogP contribution in [-0.2, 0) is 14.8 Å². The minimum atomic E-state index is -4.06. The van der Waals surface area contributed by atoms with E-state index >= 15 is 0 Å². The van der Waals surface area contributed by atoms with Crippen LogP contribution in [-0.4, -0.2) is 72.1 Å². The Hall–Kier alpha value is -4.49. The molecule has 1 fully saturated rings. The van der Waals surface area contributed by atoms with Gasteiger partial charge in [-0.2, -0.15) is 9.71 Å². The van der Waals surface area contributed by atoms with Crippen molar-refractivity contribution in [2.75, 3.05) is 29.9 Å². The number of rotatable bonds is 10. The summed E-state index contributed by atoms with van der Waals surface area (Å²) in [6.45, 7) is 1.23. The molecule has 2 aromatic carbocycles. The van der Waals surface area contributed by atoms with Crippen LogP contribution in [0, 0.1) is 0 Å². The first-order chi connectivity index (χ1) is 19.3. The SMILES string of the molecule is O=C(NC[C@H](NS(=O)(=O)c1ccccc1)C(=O)O)c1ccc(N2CCC(Nc3nc4ncccc4[nH]3)CC2)cc1. The molecular formula is C27H29N7O5S. The summed E-state index contributed by atoms with van der Waals surface area (Å²) in [5, 5.41) is 15.4. The van der Waals surface area contributed by atoms with Crippen LogP contribution in [0.2, 0.25) is 0 Å². The van der Waals surface area contributed by atoms with Gasteiger partial charge in [-0.3, -0.25) is 9.59 Å². The van der Waals surface area contributed by atoms with E-state index in [1.165, 1.54) is 24.3 Å². The molecule has 2 aromatic heterocycles. The molecule has 5 N–H and O–H groups in total. The number of nitrogens with one attached hydrogen (secondary N) is 4. The van der Waals surface area contributed by atoms with Gasteiger partial charge in [-0.15, -0.1) is 0 Å². The molecule has 13 heteroatoms. The first-order valence-corrected chi connectivity index (χ1v) is 14.3. The van der Waals surface area contributed by atoms with Gasteiger partial charge in [0.2, 0.25) is 16.0 Å². The summed E-state index contributed by atoms with van der Waals surface area (Å²) in [6.07, 6.45) is 3.52. The Labute approximate surface area is 230 Å². The number of piperidine rings is 1. The Morgan fingerprint density at radius 2 is 1.75 bits per heavy atom. The van der Waals surface area contributed by atoms with E-state index in [2.05, 4.69) is 35.2 Å². The number of amides is 1. The lowest BCUT2D eigenvalue weighted by molar-refractivity contribution is -0.138. The molecular weight excluding hydrogens is 534 g/mol. The molecule has 1 amide bonds. The van der Waals surface area contributed by atoms with E-state index in [4.69, 9.17) is 0 Å². The summed E-state index contributed by atoms with van der Waals surface area (Å²) >= 11 is 0.